The van der Waals surface area contributed by atoms with E-state index in [1.165, 1.54) is 12.1 Å². The van der Waals surface area contributed by atoms with Crippen LogP contribution in [0.3, 0.4) is 0 Å². The van der Waals surface area contributed by atoms with Gasteiger partial charge >= 0.3 is 6.18 Å². The van der Waals surface area contributed by atoms with Gasteiger partial charge in [0.05, 0.1) is 5.56 Å². The molecule has 6 heteroatoms. The lowest BCUT2D eigenvalue weighted by atomic mass is 10.0. The van der Waals surface area contributed by atoms with Crippen molar-refractivity contribution in [3.05, 3.63) is 69.2 Å². The van der Waals surface area contributed by atoms with E-state index < -0.39 is 11.7 Å². The van der Waals surface area contributed by atoms with E-state index in [1.807, 2.05) is 0 Å². The average molecular weight is 398 g/mol. The zero-order chi connectivity index (χ0) is 15.6. The molecule has 0 N–H and O–H groups in total. The van der Waals surface area contributed by atoms with Crippen molar-refractivity contribution < 1.29 is 13.2 Å². The maximum absolute atomic E-state index is 12.5. The van der Waals surface area contributed by atoms with Crippen LogP contribution in [0.25, 0.3) is 0 Å². The van der Waals surface area contributed by atoms with Crippen LogP contribution in [0.2, 0.25) is 10.0 Å². The van der Waals surface area contributed by atoms with Crippen LogP contribution in [0.1, 0.15) is 21.5 Å². The van der Waals surface area contributed by atoms with Crippen molar-refractivity contribution in [2.75, 3.05) is 0 Å². The maximum atomic E-state index is 12.5. The van der Waals surface area contributed by atoms with Crippen LogP contribution in [0, 0.1) is 0 Å². The Morgan fingerprint density at radius 2 is 1.62 bits per heavy atom. The topological polar surface area (TPSA) is 0 Å². The fourth-order valence-corrected chi connectivity index (χ4v) is 3.35. The van der Waals surface area contributed by atoms with E-state index in [1.54, 1.807) is 18.2 Å². The van der Waals surface area contributed by atoms with Crippen molar-refractivity contribution in [1.82, 2.24) is 0 Å². The Labute approximate surface area is 139 Å². The molecule has 2 rings (SSSR count). The summed E-state index contributed by atoms with van der Waals surface area (Å²) in [7, 11) is 0. The zero-order valence-electron chi connectivity index (χ0n) is 10.6. The fourth-order valence-electron chi connectivity index (χ4n) is 1.90. The second kappa shape index (κ2) is 6.59. The maximum Gasteiger partial charge on any atom is 0.416 e. The molecule has 0 radical (unpaired) electrons. The van der Waals surface area contributed by atoms with Gasteiger partial charge in [0, 0.05) is 14.9 Å². The van der Waals surface area contributed by atoms with Gasteiger partial charge in [-0.3, -0.25) is 0 Å². The number of halogens is 6. The highest BCUT2D eigenvalue weighted by molar-refractivity contribution is 9.09. The van der Waals surface area contributed by atoms with Gasteiger partial charge in [0.15, 0.2) is 0 Å². The highest BCUT2D eigenvalue weighted by atomic mass is 79.9. The molecule has 0 aliphatic heterocycles. The predicted octanol–water partition coefficient (Wildman–Crippen LogP) is 6.69. The summed E-state index contributed by atoms with van der Waals surface area (Å²) in [6.07, 6.45) is -3.79. The summed E-state index contributed by atoms with van der Waals surface area (Å²) in [4.78, 5) is -0.0981. The molecule has 0 aliphatic carbocycles. The molecule has 0 fully saturated rings. The largest absolute Gasteiger partial charge is 0.416 e. The van der Waals surface area contributed by atoms with E-state index in [-0.39, 0.29) is 4.83 Å². The third-order valence-corrected chi connectivity index (χ3v) is 4.38. The van der Waals surface area contributed by atoms with E-state index >= 15 is 0 Å². The molecule has 0 aromatic heterocycles. The lowest BCUT2D eigenvalue weighted by Gasteiger charge is -2.13. The number of hydrogen-bond acceptors (Lipinski definition) is 0. The molecular formula is C15H10BrCl2F3. The quantitative estimate of drug-likeness (QED) is 0.506. The highest BCUT2D eigenvalue weighted by Crippen LogP contribution is 2.35. The van der Waals surface area contributed by atoms with Crippen LogP contribution in [0.5, 0.6) is 0 Å². The first-order chi connectivity index (χ1) is 9.77. The van der Waals surface area contributed by atoms with E-state index in [4.69, 9.17) is 23.2 Å². The second-order valence-electron chi connectivity index (χ2n) is 4.53. The van der Waals surface area contributed by atoms with Gasteiger partial charge in [-0.15, -0.1) is 0 Å². The highest BCUT2D eigenvalue weighted by Gasteiger charge is 2.30. The van der Waals surface area contributed by atoms with Crippen LogP contribution in [0.15, 0.2) is 42.5 Å². The summed E-state index contributed by atoms with van der Waals surface area (Å²) in [6, 6.07) is 10.3. The summed E-state index contributed by atoms with van der Waals surface area (Å²) in [5, 5.41) is 1.06. The SMILES string of the molecule is FC(F)(F)c1ccc(CC(Br)c2ccc(Cl)cc2Cl)cc1. The van der Waals surface area contributed by atoms with Gasteiger partial charge in [-0.1, -0.05) is 57.3 Å². The van der Waals surface area contributed by atoms with Gasteiger partial charge in [0.2, 0.25) is 0 Å². The number of rotatable bonds is 3. The summed E-state index contributed by atoms with van der Waals surface area (Å²) in [5.41, 5.74) is 0.985. The summed E-state index contributed by atoms with van der Waals surface area (Å²) in [5.74, 6) is 0. The second-order valence-corrected chi connectivity index (χ2v) is 6.48. The van der Waals surface area contributed by atoms with Gasteiger partial charge in [0.25, 0.3) is 0 Å². The predicted molar refractivity (Wildman–Crippen MR) is 83.3 cm³/mol. The molecule has 0 bridgehead atoms. The van der Waals surface area contributed by atoms with E-state index in [9.17, 15) is 13.2 Å². The van der Waals surface area contributed by atoms with Crippen molar-refractivity contribution in [2.24, 2.45) is 0 Å². The Morgan fingerprint density at radius 3 is 2.14 bits per heavy atom. The molecule has 0 spiro atoms. The molecule has 21 heavy (non-hydrogen) atoms. The van der Waals surface area contributed by atoms with Gasteiger partial charge in [0.1, 0.15) is 0 Å². The minimum absolute atomic E-state index is 0.0981. The standard InChI is InChI=1S/C15H10BrCl2F3/c16-13(12-6-5-11(17)8-14(12)18)7-9-1-3-10(4-2-9)15(19,20)21/h1-6,8,13H,7H2. The first kappa shape index (κ1) is 16.7. The number of hydrogen-bond donors (Lipinski definition) is 0. The first-order valence-electron chi connectivity index (χ1n) is 6.02. The van der Waals surface area contributed by atoms with E-state index in [0.717, 1.165) is 23.3 Å². The minimum Gasteiger partial charge on any atom is -0.166 e. The summed E-state index contributed by atoms with van der Waals surface area (Å²) in [6.45, 7) is 0. The first-order valence-corrected chi connectivity index (χ1v) is 7.69. The Balaban J connectivity index is 2.14. The van der Waals surface area contributed by atoms with Crippen molar-refractivity contribution in [1.29, 1.82) is 0 Å². The Morgan fingerprint density at radius 1 is 1.00 bits per heavy atom. The minimum atomic E-state index is -4.31. The van der Waals surface area contributed by atoms with Gasteiger partial charge in [-0.05, 0) is 41.8 Å². The fraction of sp³-hybridized carbons (Fsp3) is 0.200. The third-order valence-electron chi connectivity index (χ3n) is 3.00. The Hall–Kier alpha value is -0.710. The third kappa shape index (κ3) is 4.38. The van der Waals surface area contributed by atoms with Crippen molar-refractivity contribution >= 4 is 39.1 Å². The zero-order valence-corrected chi connectivity index (χ0v) is 13.7. The summed E-state index contributed by atoms with van der Waals surface area (Å²) >= 11 is 15.5. The number of benzene rings is 2. The van der Waals surface area contributed by atoms with Gasteiger partial charge < -0.3 is 0 Å². The molecule has 0 heterocycles. The van der Waals surface area contributed by atoms with Gasteiger partial charge in [-0.25, -0.2) is 0 Å². The summed E-state index contributed by atoms with van der Waals surface area (Å²) < 4.78 is 37.5. The molecular weight excluding hydrogens is 388 g/mol. The molecule has 0 saturated carbocycles. The normalized spacial score (nSPS) is 13.2. The molecule has 2 aromatic carbocycles. The van der Waals surface area contributed by atoms with Gasteiger partial charge in [-0.2, -0.15) is 13.2 Å². The van der Waals surface area contributed by atoms with Crippen LogP contribution in [-0.4, -0.2) is 0 Å². The van der Waals surface area contributed by atoms with E-state index in [0.29, 0.717) is 16.5 Å². The Bertz CT molecular complexity index is 624. The lowest BCUT2D eigenvalue weighted by Crippen LogP contribution is -2.05. The average Bonchev–Trinajstić information content (AvgIpc) is 2.38. The van der Waals surface area contributed by atoms with Crippen LogP contribution < -0.4 is 0 Å². The lowest BCUT2D eigenvalue weighted by molar-refractivity contribution is -0.137. The molecule has 1 unspecified atom stereocenters. The van der Waals surface area contributed by atoms with Crippen molar-refractivity contribution in [3.8, 4) is 0 Å². The van der Waals surface area contributed by atoms with Crippen LogP contribution in [-0.2, 0) is 12.6 Å². The molecule has 0 saturated heterocycles. The monoisotopic (exact) mass is 396 g/mol. The molecule has 2 aromatic rings. The van der Waals surface area contributed by atoms with E-state index in [2.05, 4.69) is 15.9 Å². The Kier molecular flexibility index (Phi) is 5.23. The molecule has 1 atom stereocenters. The van der Waals surface area contributed by atoms with Crippen LogP contribution in [0.4, 0.5) is 13.2 Å². The van der Waals surface area contributed by atoms with Crippen LogP contribution >= 0.6 is 39.1 Å². The molecule has 0 amide bonds. The molecule has 0 nitrogen and oxygen atoms in total. The molecule has 112 valence electrons. The number of alkyl halides is 4. The smallest absolute Gasteiger partial charge is 0.166 e. The van der Waals surface area contributed by atoms with Crippen molar-refractivity contribution in [3.63, 3.8) is 0 Å². The molecule has 0 aliphatic rings. The van der Waals surface area contributed by atoms with Crippen molar-refractivity contribution in [2.45, 2.75) is 17.4 Å².